The Labute approximate surface area is 338 Å². The van der Waals surface area contributed by atoms with Crippen LogP contribution < -0.4 is 0 Å². The molecule has 4 aromatic rings. The van der Waals surface area contributed by atoms with Gasteiger partial charge in [-0.05, 0) is 0 Å². The molecule has 1 heterocycles. The third kappa shape index (κ3) is 6.65. The molecule has 3 aliphatic carbocycles. The summed E-state index contributed by atoms with van der Waals surface area (Å²) in [6.45, 7) is 23.9. The van der Waals surface area contributed by atoms with Gasteiger partial charge in [0.05, 0.1) is 0 Å². The number of hydrogen-bond acceptors (Lipinski definition) is 0. The molecule has 1 saturated heterocycles. The Morgan fingerprint density at radius 1 is 0.509 bits per heavy atom. The van der Waals surface area contributed by atoms with Crippen molar-refractivity contribution in [1.29, 1.82) is 0 Å². The number of hydrogen-bond donors (Lipinski definition) is 0. The SMILES string of the molecule is CC(C)C1=Cc2c(-c3ccc(C(C)(C)C)cc3)cccc2[CH]1[Hf]1([CH]2C(C(C)C)=Cc3c(-c4ccc(C(C)(C)C)cc4)cccc32)[CH]2CCCC[CH]21.Cl.Cl. The quantitative estimate of drug-likeness (QED) is 0.169. The number of rotatable bonds is 6. The van der Waals surface area contributed by atoms with Gasteiger partial charge < -0.3 is 0 Å². The number of halogens is 2. The van der Waals surface area contributed by atoms with Gasteiger partial charge in [0.1, 0.15) is 0 Å². The molecule has 0 nitrogen and oxygen atoms in total. The van der Waals surface area contributed by atoms with Crippen molar-refractivity contribution in [2.45, 2.75) is 120 Å². The molecule has 0 N–H and O–H groups in total. The Balaban J connectivity index is 0.00000240. The molecular formula is C50H62Cl2Hf. The maximum Gasteiger partial charge on any atom is -0.147 e. The van der Waals surface area contributed by atoms with E-state index in [0.29, 0.717) is 19.2 Å². The molecule has 0 aromatic heterocycles. The van der Waals surface area contributed by atoms with Gasteiger partial charge in [-0.25, -0.2) is 0 Å². The molecule has 4 unspecified atom stereocenters. The first-order chi connectivity index (χ1) is 24.2. The van der Waals surface area contributed by atoms with Gasteiger partial charge in [0.25, 0.3) is 0 Å². The maximum absolute atomic E-state index is 3.31. The molecule has 0 amide bonds. The Morgan fingerprint density at radius 2 is 0.868 bits per heavy atom. The van der Waals surface area contributed by atoms with E-state index in [4.69, 9.17) is 0 Å². The Bertz CT molecular complexity index is 1880. The van der Waals surface area contributed by atoms with E-state index < -0.39 is 20.0 Å². The van der Waals surface area contributed by atoms with Gasteiger partial charge >= 0.3 is 316 Å². The summed E-state index contributed by atoms with van der Waals surface area (Å²) >= 11 is -3.31. The molecular weight excluding hydrogens is 850 g/mol. The largest absolute Gasteiger partial charge is 0.147 e. The van der Waals surface area contributed by atoms with E-state index in [1.807, 2.05) is 0 Å². The molecule has 4 atom stereocenters. The fraction of sp³-hybridized carbons (Fsp3) is 0.440. The van der Waals surface area contributed by atoms with Crippen LogP contribution >= 0.6 is 24.8 Å². The first kappa shape index (κ1) is 40.5. The zero-order valence-corrected chi connectivity index (χ0v) is 39.1. The van der Waals surface area contributed by atoms with Crippen LogP contribution in [0.25, 0.3) is 34.4 Å². The van der Waals surface area contributed by atoms with Crippen molar-refractivity contribution < 1.29 is 20.0 Å². The van der Waals surface area contributed by atoms with Crippen LogP contribution in [0.5, 0.6) is 0 Å². The van der Waals surface area contributed by atoms with Gasteiger partial charge in [-0.3, -0.25) is 0 Å². The number of fused-ring (bicyclic) bond motifs is 3. The third-order valence-electron chi connectivity index (χ3n) is 13.6. The fourth-order valence-corrected chi connectivity index (χ4v) is 47.3. The molecule has 1 aliphatic heterocycles. The molecule has 3 heteroatoms. The van der Waals surface area contributed by atoms with E-state index in [1.54, 1.807) is 33.4 Å². The Hall–Kier alpha value is -2.19. The predicted octanol–water partition coefficient (Wildman–Crippen LogP) is 15.7. The smallest absolute Gasteiger partial charge is 0.147 e. The molecule has 4 aromatic carbocycles. The summed E-state index contributed by atoms with van der Waals surface area (Å²) in [6, 6.07) is 33.8. The van der Waals surface area contributed by atoms with E-state index in [0.717, 1.165) is 7.35 Å². The van der Waals surface area contributed by atoms with E-state index in [1.165, 1.54) is 59.1 Å². The summed E-state index contributed by atoms with van der Waals surface area (Å²) < 4.78 is 3.32. The van der Waals surface area contributed by atoms with E-state index in [-0.39, 0.29) is 35.6 Å². The van der Waals surface area contributed by atoms with Gasteiger partial charge in [0, 0.05) is 0 Å². The van der Waals surface area contributed by atoms with E-state index >= 15 is 0 Å². The third-order valence-corrected chi connectivity index (χ3v) is 38.2. The Morgan fingerprint density at radius 3 is 1.19 bits per heavy atom. The fourth-order valence-electron chi connectivity index (χ4n) is 11.0. The molecule has 0 spiro atoms. The molecule has 2 fully saturated rings. The minimum Gasteiger partial charge on any atom is -0.147 e. The van der Waals surface area contributed by atoms with Crippen molar-refractivity contribution in [2.75, 3.05) is 0 Å². The molecule has 1 saturated carbocycles. The van der Waals surface area contributed by atoms with Crippen LogP contribution in [0.4, 0.5) is 0 Å². The normalized spacial score (nSPS) is 24.5. The van der Waals surface area contributed by atoms with Gasteiger partial charge in [0.15, 0.2) is 0 Å². The minimum absolute atomic E-state index is 0. The monoisotopic (exact) mass is 912 g/mol. The zero-order chi connectivity index (χ0) is 36.0. The van der Waals surface area contributed by atoms with Crippen molar-refractivity contribution in [3.8, 4) is 22.3 Å². The summed E-state index contributed by atoms with van der Waals surface area (Å²) in [5.41, 5.74) is 18.8. The van der Waals surface area contributed by atoms with Crippen molar-refractivity contribution in [3.63, 3.8) is 0 Å². The molecule has 8 rings (SSSR count). The molecule has 53 heavy (non-hydrogen) atoms. The second kappa shape index (κ2) is 14.7. The number of benzene rings is 4. The summed E-state index contributed by atoms with van der Waals surface area (Å²) in [5.74, 6) is 1.11. The summed E-state index contributed by atoms with van der Waals surface area (Å²) in [7, 11) is 0. The first-order valence-electron chi connectivity index (χ1n) is 20.1. The standard InChI is InChI=1S/2C22H25.C6H10.2ClH.Hf/c2*1-15(2)18-13-17-7-6-8-20(21(17)14-18)16-9-11-19(12-10-16)22(3,4)5;1-2-4-6-5-3-1;;;/h2*6-15H,1-5H3;1-2H,3-6H2;2*1H;. The minimum atomic E-state index is -3.31. The van der Waals surface area contributed by atoms with Crippen LogP contribution in [0.15, 0.2) is 96.1 Å². The van der Waals surface area contributed by atoms with E-state index in [9.17, 15) is 0 Å². The first-order valence-corrected chi connectivity index (χ1v) is 28.4. The average Bonchev–Trinajstić information content (AvgIpc) is 3.36. The topological polar surface area (TPSA) is 0 Å². The van der Waals surface area contributed by atoms with Crippen LogP contribution in [0.3, 0.4) is 0 Å². The predicted molar refractivity (Wildman–Crippen MR) is 233 cm³/mol. The molecule has 4 aliphatic rings. The molecule has 0 bridgehead atoms. The summed E-state index contributed by atoms with van der Waals surface area (Å²) in [5, 5.41) is 0. The van der Waals surface area contributed by atoms with Crippen molar-refractivity contribution in [1.82, 2.24) is 0 Å². The van der Waals surface area contributed by atoms with Gasteiger partial charge in [0.2, 0.25) is 0 Å². The van der Waals surface area contributed by atoms with Crippen LogP contribution in [0.1, 0.15) is 136 Å². The van der Waals surface area contributed by atoms with Crippen LogP contribution in [-0.4, -0.2) is 0 Å². The van der Waals surface area contributed by atoms with Crippen LogP contribution in [0.2, 0.25) is 7.35 Å². The Kier molecular flexibility index (Phi) is 11.2. The average molecular weight is 912 g/mol. The zero-order valence-electron chi connectivity index (χ0n) is 33.8. The van der Waals surface area contributed by atoms with Crippen molar-refractivity contribution in [3.05, 3.63) is 129 Å². The van der Waals surface area contributed by atoms with Crippen LogP contribution in [0, 0.1) is 11.8 Å². The second-order valence-corrected chi connectivity index (χ2v) is 35.9. The second-order valence-electron chi connectivity index (χ2n) is 19.2. The van der Waals surface area contributed by atoms with Crippen LogP contribution in [-0.2, 0) is 30.8 Å². The van der Waals surface area contributed by atoms with Gasteiger partial charge in [-0.2, -0.15) is 0 Å². The maximum atomic E-state index is 2.71. The van der Waals surface area contributed by atoms with Gasteiger partial charge in [-0.1, -0.05) is 0 Å². The van der Waals surface area contributed by atoms with Gasteiger partial charge in [-0.15, -0.1) is 24.8 Å². The van der Waals surface area contributed by atoms with Crippen molar-refractivity contribution >= 4 is 37.0 Å². The number of allylic oxidation sites excluding steroid dienone is 2. The molecule has 280 valence electrons. The van der Waals surface area contributed by atoms with Crippen molar-refractivity contribution in [2.24, 2.45) is 11.8 Å². The summed E-state index contributed by atoms with van der Waals surface area (Å²) in [4.78, 5) is 0. The van der Waals surface area contributed by atoms with E-state index in [2.05, 4.69) is 166 Å². The molecule has 0 radical (unpaired) electrons. The summed E-state index contributed by atoms with van der Waals surface area (Å²) in [6.07, 6.45) is 11.2.